The molecular formula is C12H23N3O2. The summed E-state index contributed by atoms with van der Waals surface area (Å²) >= 11 is 0. The molecule has 5 nitrogen and oxygen atoms in total. The largest absolute Gasteiger partial charge is 0.332 e. The van der Waals surface area contributed by atoms with Crippen molar-refractivity contribution in [1.29, 1.82) is 0 Å². The van der Waals surface area contributed by atoms with E-state index in [2.05, 4.69) is 12.2 Å². The van der Waals surface area contributed by atoms with Crippen LogP contribution >= 0.6 is 0 Å². The van der Waals surface area contributed by atoms with Gasteiger partial charge in [-0.15, -0.1) is 0 Å². The summed E-state index contributed by atoms with van der Waals surface area (Å²) in [7, 11) is 1.88. The maximum atomic E-state index is 11.9. The van der Waals surface area contributed by atoms with Crippen LogP contribution in [0.4, 0.5) is 0 Å². The molecule has 0 spiro atoms. The van der Waals surface area contributed by atoms with Gasteiger partial charge in [-0.1, -0.05) is 13.8 Å². The third kappa shape index (κ3) is 3.70. The fourth-order valence-corrected chi connectivity index (χ4v) is 2.03. The number of carbonyl (C=O) groups is 2. The molecular weight excluding hydrogens is 218 g/mol. The van der Waals surface area contributed by atoms with E-state index < -0.39 is 0 Å². The van der Waals surface area contributed by atoms with Crippen molar-refractivity contribution in [2.75, 3.05) is 33.2 Å². The van der Waals surface area contributed by atoms with E-state index in [1.807, 2.05) is 14.0 Å². The van der Waals surface area contributed by atoms with Crippen molar-refractivity contribution in [2.24, 2.45) is 0 Å². The molecule has 1 aliphatic rings. The predicted molar refractivity (Wildman–Crippen MR) is 66.6 cm³/mol. The highest BCUT2D eigenvalue weighted by Gasteiger charge is 2.29. The Morgan fingerprint density at radius 1 is 1.18 bits per heavy atom. The highest BCUT2D eigenvalue weighted by atomic mass is 16.2. The van der Waals surface area contributed by atoms with Crippen LogP contribution in [0.2, 0.25) is 0 Å². The van der Waals surface area contributed by atoms with Gasteiger partial charge < -0.3 is 15.1 Å². The molecule has 0 aromatic heterocycles. The van der Waals surface area contributed by atoms with Crippen molar-refractivity contribution in [3.8, 4) is 0 Å². The van der Waals surface area contributed by atoms with Crippen molar-refractivity contribution < 1.29 is 9.59 Å². The monoisotopic (exact) mass is 241 g/mol. The zero-order valence-electron chi connectivity index (χ0n) is 11.0. The Kier molecular flexibility index (Phi) is 5.41. The van der Waals surface area contributed by atoms with Gasteiger partial charge in [0.2, 0.25) is 11.8 Å². The second-order valence-corrected chi connectivity index (χ2v) is 4.48. The molecule has 0 aromatic rings. The van der Waals surface area contributed by atoms with E-state index >= 15 is 0 Å². The van der Waals surface area contributed by atoms with E-state index in [0.29, 0.717) is 13.1 Å². The van der Waals surface area contributed by atoms with Crippen molar-refractivity contribution >= 4 is 11.8 Å². The molecule has 0 bridgehead atoms. The quantitative estimate of drug-likeness (QED) is 0.716. The fourth-order valence-electron chi connectivity index (χ4n) is 2.03. The molecule has 98 valence electrons. The Morgan fingerprint density at radius 3 is 2.29 bits per heavy atom. The van der Waals surface area contributed by atoms with Crippen LogP contribution in [0.15, 0.2) is 0 Å². The van der Waals surface area contributed by atoms with E-state index in [0.717, 1.165) is 12.8 Å². The molecule has 1 unspecified atom stereocenters. The van der Waals surface area contributed by atoms with Crippen LogP contribution in [-0.2, 0) is 9.59 Å². The lowest BCUT2D eigenvalue weighted by molar-refractivity contribution is -0.150. The maximum absolute atomic E-state index is 11.9. The molecule has 1 atom stereocenters. The first-order valence-electron chi connectivity index (χ1n) is 6.35. The van der Waals surface area contributed by atoms with E-state index in [4.69, 9.17) is 0 Å². The Morgan fingerprint density at radius 2 is 1.76 bits per heavy atom. The third-order valence-electron chi connectivity index (χ3n) is 3.19. The fraction of sp³-hybridized carbons (Fsp3) is 0.833. The minimum absolute atomic E-state index is 0.0618. The normalized spacial score (nSPS) is 18.8. The van der Waals surface area contributed by atoms with Crippen LogP contribution in [0.3, 0.4) is 0 Å². The Balaban J connectivity index is 2.54. The van der Waals surface area contributed by atoms with Gasteiger partial charge in [0.25, 0.3) is 0 Å². The molecule has 0 aliphatic carbocycles. The second-order valence-electron chi connectivity index (χ2n) is 4.48. The van der Waals surface area contributed by atoms with Crippen LogP contribution in [0.5, 0.6) is 0 Å². The number of likely N-dealkylation sites (N-methyl/N-ethyl adjacent to an activating group) is 1. The molecule has 1 aliphatic heterocycles. The Labute approximate surface area is 103 Å². The molecule has 17 heavy (non-hydrogen) atoms. The lowest BCUT2D eigenvalue weighted by Gasteiger charge is -2.35. The summed E-state index contributed by atoms with van der Waals surface area (Å²) in [6, 6.07) is 0.268. The molecule has 1 rings (SSSR count). The highest BCUT2D eigenvalue weighted by molar-refractivity contribution is 5.92. The lowest BCUT2D eigenvalue weighted by Crippen LogP contribution is -2.56. The molecule has 1 saturated heterocycles. The molecule has 1 N–H and O–H groups in total. The molecule has 0 saturated carbocycles. The van der Waals surface area contributed by atoms with Gasteiger partial charge in [-0.25, -0.2) is 0 Å². The minimum atomic E-state index is 0.0618. The van der Waals surface area contributed by atoms with Crippen LogP contribution in [0.1, 0.15) is 26.7 Å². The standard InChI is InChI=1S/C12H23N3O2/c1-4-6-14-8-12(17)15(9-11(14)16)7-10(5-2)13-3/h10,13H,4-9H2,1-3H3. The number of carbonyl (C=O) groups excluding carboxylic acids is 2. The zero-order chi connectivity index (χ0) is 12.8. The first kappa shape index (κ1) is 14.0. The minimum Gasteiger partial charge on any atom is -0.332 e. The van der Waals surface area contributed by atoms with Crippen LogP contribution in [-0.4, -0.2) is 60.9 Å². The number of hydrogen-bond donors (Lipinski definition) is 1. The van der Waals surface area contributed by atoms with E-state index in [1.54, 1.807) is 9.80 Å². The number of hydrogen-bond acceptors (Lipinski definition) is 3. The number of rotatable bonds is 6. The summed E-state index contributed by atoms with van der Waals surface area (Å²) in [6.07, 6.45) is 1.85. The van der Waals surface area contributed by atoms with E-state index in [9.17, 15) is 9.59 Å². The summed E-state index contributed by atoms with van der Waals surface area (Å²) < 4.78 is 0. The SMILES string of the molecule is CCCN1CC(=O)N(CC(CC)NC)CC1=O. The summed E-state index contributed by atoms with van der Waals surface area (Å²) in [4.78, 5) is 27.0. The van der Waals surface area contributed by atoms with E-state index in [-0.39, 0.29) is 30.9 Å². The number of piperazine rings is 1. The summed E-state index contributed by atoms with van der Waals surface area (Å²) in [5.74, 6) is 0.129. The average Bonchev–Trinajstić information content (AvgIpc) is 2.32. The average molecular weight is 241 g/mol. The molecule has 0 aromatic carbocycles. The summed E-state index contributed by atoms with van der Waals surface area (Å²) in [5.41, 5.74) is 0. The van der Waals surface area contributed by atoms with Gasteiger partial charge in [0.15, 0.2) is 0 Å². The lowest BCUT2D eigenvalue weighted by atomic mass is 10.2. The van der Waals surface area contributed by atoms with Crippen molar-refractivity contribution in [1.82, 2.24) is 15.1 Å². The van der Waals surface area contributed by atoms with Gasteiger partial charge in [0.05, 0.1) is 13.1 Å². The van der Waals surface area contributed by atoms with Crippen molar-refractivity contribution in [2.45, 2.75) is 32.7 Å². The maximum Gasteiger partial charge on any atom is 0.242 e. The van der Waals surface area contributed by atoms with Gasteiger partial charge in [0, 0.05) is 19.1 Å². The van der Waals surface area contributed by atoms with E-state index in [1.165, 1.54) is 0 Å². The Hall–Kier alpha value is -1.10. The topological polar surface area (TPSA) is 52.7 Å². The van der Waals surface area contributed by atoms with Gasteiger partial charge in [0.1, 0.15) is 0 Å². The first-order chi connectivity index (χ1) is 8.12. The first-order valence-corrected chi connectivity index (χ1v) is 6.35. The van der Waals surface area contributed by atoms with Gasteiger partial charge >= 0.3 is 0 Å². The molecule has 5 heteroatoms. The molecule has 1 fully saturated rings. The molecule has 1 heterocycles. The second kappa shape index (κ2) is 6.59. The van der Waals surface area contributed by atoms with Crippen LogP contribution in [0, 0.1) is 0 Å². The highest BCUT2D eigenvalue weighted by Crippen LogP contribution is 2.07. The third-order valence-corrected chi connectivity index (χ3v) is 3.19. The van der Waals surface area contributed by atoms with Crippen molar-refractivity contribution in [3.63, 3.8) is 0 Å². The predicted octanol–water partition coefficient (Wildman–Crippen LogP) is 0.0652. The zero-order valence-corrected chi connectivity index (χ0v) is 11.0. The van der Waals surface area contributed by atoms with Gasteiger partial charge in [-0.05, 0) is 19.9 Å². The summed E-state index contributed by atoms with van der Waals surface area (Å²) in [5, 5.41) is 3.15. The number of amides is 2. The smallest absolute Gasteiger partial charge is 0.242 e. The van der Waals surface area contributed by atoms with Gasteiger partial charge in [-0.2, -0.15) is 0 Å². The van der Waals surface area contributed by atoms with Crippen LogP contribution in [0.25, 0.3) is 0 Å². The number of nitrogens with one attached hydrogen (secondary N) is 1. The Bertz CT molecular complexity index is 277. The molecule has 0 radical (unpaired) electrons. The van der Waals surface area contributed by atoms with Crippen molar-refractivity contribution in [3.05, 3.63) is 0 Å². The summed E-state index contributed by atoms with van der Waals surface area (Å²) in [6.45, 7) is 5.86. The molecule has 2 amide bonds. The van der Waals surface area contributed by atoms with Crippen LogP contribution < -0.4 is 5.32 Å². The number of nitrogens with zero attached hydrogens (tertiary/aromatic N) is 2. The van der Waals surface area contributed by atoms with Gasteiger partial charge in [-0.3, -0.25) is 9.59 Å².